The van der Waals surface area contributed by atoms with Gasteiger partial charge < -0.3 is 20.9 Å². The summed E-state index contributed by atoms with van der Waals surface area (Å²) in [6.45, 7) is 4.25. The van der Waals surface area contributed by atoms with Crippen LogP contribution in [-0.4, -0.2) is 36.3 Å². The molecule has 0 saturated heterocycles. The first-order chi connectivity index (χ1) is 15.4. The maximum Gasteiger partial charge on any atom is 0.171 e. The van der Waals surface area contributed by atoms with Crippen LogP contribution in [0.15, 0.2) is 48.5 Å². The molecule has 0 spiro atoms. The van der Waals surface area contributed by atoms with Gasteiger partial charge in [0.2, 0.25) is 0 Å². The van der Waals surface area contributed by atoms with E-state index in [4.69, 9.17) is 17.2 Å². The highest BCUT2D eigenvalue weighted by molar-refractivity contribution is 7.80. The van der Waals surface area contributed by atoms with Crippen molar-refractivity contribution < 1.29 is 0 Å². The highest BCUT2D eigenvalue weighted by atomic mass is 32.1. The van der Waals surface area contributed by atoms with E-state index in [9.17, 15) is 0 Å². The molecular weight excluding hydrogens is 414 g/mol. The summed E-state index contributed by atoms with van der Waals surface area (Å²) in [5.74, 6) is 0.955. The second-order valence-electron chi connectivity index (χ2n) is 8.98. The molecule has 2 aromatic carbocycles. The molecule has 1 aromatic heterocycles. The lowest BCUT2D eigenvalue weighted by Crippen LogP contribution is -2.42. The van der Waals surface area contributed by atoms with E-state index in [0.29, 0.717) is 17.2 Å². The molecule has 0 bridgehead atoms. The molecule has 5 nitrogen and oxygen atoms in total. The van der Waals surface area contributed by atoms with Crippen molar-refractivity contribution in [3.8, 4) is 0 Å². The van der Waals surface area contributed by atoms with E-state index >= 15 is 0 Å². The van der Waals surface area contributed by atoms with Crippen molar-refractivity contribution in [3.05, 3.63) is 59.7 Å². The largest absolute Gasteiger partial charge is 0.377 e. The molecule has 3 aromatic rings. The number of hydrogen-bond acceptors (Lipinski definition) is 4. The second-order valence-corrected chi connectivity index (χ2v) is 9.39. The summed E-state index contributed by atoms with van der Waals surface area (Å²) in [4.78, 5) is 7.01. The Balaban J connectivity index is 1.33. The zero-order valence-corrected chi connectivity index (χ0v) is 20.2. The third kappa shape index (κ3) is 5.13. The number of hydrogen-bond donors (Lipinski definition) is 3. The van der Waals surface area contributed by atoms with Gasteiger partial charge in [0.1, 0.15) is 5.82 Å². The molecule has 32 heavy (non-hydrogen) atoms. The van der Waals surface area contributed by atoms with Gasteiger partial charge in [0, 0.05) is 49.0 Å². The van der Waals surface area contributed by atoms with Crippen LogP contribution < -0.4 is 20.9 Å². The lowest BCUT2D eigenvalue weighted by atomic mass is 9.91. The molecule has 4 rings (SSSR count). The molecule has 1 aliphatic carbocycles. The Hall–Kier alpha value is -2.86. The average Bonchev–Trinajstić information content (AvgIpc) is 2.77. The van der Waals surface area contributed by atoms with E-state index in [2.05, 4.69) is 91.3 Å². The van der Waals surface area contributed by atoms with Crippen molar-refractivity contribution in [1.29, 1.82) is 0 Å². The number of anilines is 3. The first-order valence-corrected chi connectivity index (χ1v) is 11.8. The van der Waals surface area contributed by atoms with Crippen molar-refractivity contribution in [2.75, 3.05) is 29.6 Å². The Labute approximate surface area is 196 Å². The van der Waals surface area contributed by atoms with Crippen LogP contribution in [-0.2, 0) is 0 Å². The maximum atomic E-state index is 5.59. The molecular formula is C26H33N5S. The molecule has 0 amide bonds. The smallest absolute Gasteiger partial charge is 0.171 e. The zero-order valence-electron chi connectivity index (χ0n) is 19.4. The summed E-state index contributed by atoms with van der Waals surface area (Å²) in [6.07, 6.45) is 4.35. The molecule has 1 saturated carbocycles. The minimum atomic E-state index is 0.403. The third-order valence-corrected chi connectivity index (χ3v) is 6.66. The summed E-state index contributed by atoms with van der Waals surface area (Å²) in [5.41, 5.74) is 5.81. The lowest BCUT2D eigenvalue weighted by molar-refractivity contribution is 0.388. The van der Waals surface area contributed by atoms with Gasteiger partial charge in [0.05, 0.1) is 5.52 Å². The van der Waals surface area contributed by atoms with Crippen LogP contribution in [0.2, 0.25) is 0 Å². The topological polar surface area (TPSA) is 52.2 Å². The van der Waals surface area contributed by atoms with Crippen molar-refractivity contribution in [1.82, 2.24) is 10.3 Å². The van der Waals surface area contributed by atoms with Crippen LogP contribution in [0.5, 0.6) is 0 Å². The average molecular weight is 448 g/mol. The minimum absolute atomic E-state index is 0.403. The van der Waals surface area contributed by atoms with Crippen LogP contribution in [0, 0.1) is 13.8 Å². The molecule has 3 N–H and O–H groups in total. The lowest BCUT2D eigenvalue weighted by Gasteiger charge is -2.31. The Bertz CT molecular complexity index is 1100. The van der Waals surface area contributed by atoms with Gasteiger partial charge in [-0.25, -0.2) is 4.98 Å². The van der Waals surface area contributed by atoms with Crippen molar-refractivity contribution >= 4 is 45.4 Å². The van der Waals surface area contributed by atoms with Gasteiger partial charge in [-0.05, 0) is 75.0 Å². The molecule has 0 atom stereocenters. The monoisotopic (exact) mass is 447 g/mol. The van der Waals surface area contributed by atoms with Crippen LogP contribution in [0.4, 0.5) is 17.2 Å². The van der Waals surface area contributed by atoms with Crippen LogP contribution in [0.1, 0.15) is 36.8 Å². The number of benzene rings is 2. The van der Waals surface area contributed by atoms with E-state index in [-0.39, 0.29) is 0 Å². The highest BCUT2D eigenvalue weighted by Gasteiger charge is 2.22. The van der Waals surface area contributed by atoms with Crippen molar-refractivity contribution in [2.45, 2.75) is 51.6 Å². The number of rotatable bonds is 5. The van der Waals surface area contributed by atoms with Crippen LogP contribution in [0.25, 0.3) is 10.9 Å². The van der Waals surface area contributed by atoms with Gasteiger partial charge in [-0.1, -0.05) is 30.3 Å². The van der Waals surface area contributed by atoms with E-state index in [1.807, 2.05) is 6.07 Å². The Kier molecular flexibility index (Phi) is 6.80. The highest BCUT2D eigenvalue weighted by Crippen LogP contribution is 2.29. The summed E-state index contributed by atoms with van der Waals surface area (Å²) in [6, 6.07) is 17.6. The summed E-state index contributed by atoms with van der Waals surface area (Å²) < 4.78 is 0. The fourth-order valence-electron chi connectivity index (χ4n) is 4.42. The van der Waals surface area contributed by atoms with Crippen molar-refractivity contribution in [2.24, 2.45) is 0 Å². The Morgan fingerprint density at radius 1 is 0.969 bits per heavy atom. The Morgan fingerprint density at radius 2 is 1.69 bits per heavy atom. The molecule has 1 heterocycles. The van der Waals surface area contributed by atoms with E-state index in [0.717, 1.165) is 42.7 Å². The van der Waals surface area contributed by atoms with Gasteiger partial charge >= 0.3 is 0 Å². The molecule has 1 aliphatic rings. The van der Waals surface area contributed by atoms with E-state index in [1.165, 1.54) is 22.2 Å². The molecule has 1 fully saturated rings. The molecule has 168 valence electrons. The van der Waals surface area contributed by atoms with Gasteiger partial charge in [-0.15, -0.1) is 0 Å². The van der Waals surface area contributed by atoms with Crippen molar-refractivity contribution in [3.63, 3.8) is 0 Å². The first kappa shape index (κ1) is 22.3. The van der Waals surface area contributed by atoms with Gasteiger partial charge in [0.25, 0.3) is 0 Å². The van der Waals surface area contributed by atoms with Gasteiger partial charge in [0.15, 0.2) is 5.11 Å². The third-order valence-electron chi connectivity index (χ3n) is 6.44. The number of nitrogens with one attached hydrogen (secondary N) is 3. The summed E-state index contributed by atoms with van der Waals surface area (Å²) in [7, 11) is 4.16. The standard InChI is InChI=1S/C26H33N5S/c1-17-8-7-11-22(18(17)2)30-26(32)28-20-14-12-19(13-15-20)27-25-16-24(31(3)4)21-9-5-6-10-23(21)29-25/h5-11,16,19-20H,12-15H2,1-4H3,(H,27,29)(H2,28,30,32)/t19-,20+. The normalized spacial score (nSPS) is 18.2. The van der Waals surface area contributed by atoms with Crippen LogP contribution in [0.3, 0.4) is 0 Å². The summed E-state index contributed by atoms with van der Waals surface area (Å²) in [5, 5.41) is 12.5. The second kappa shape index (κ2) is 9.74. The number of thiocarbonyl (C=S) groups is 1. The number of aromatic nitrogens is 1. The summed E-state index contributed by atoms with van der Waals surface area (Å²) >= 11 is 5.59. The first-order valence-electron chi connectivity index (χ1n) is 11.4. The predicted octanol–water partition coefficient (Wildman–Crippen LogP) is 5.63. The maximum absolute atomic E-state index is 5.59. The predicted molar refractivity (Wildman–Crippen MR) is 141 cm³/mol. The number of pyridine rings is 1. The number of para-hydroxylation sites is 1. The van der Waals surface area contributed by atoms with Gasteiger partial charge in [-0.3, -0.25) is 0 Å². The number of fused-ring (bicyclic) bond motifs is 1. The Morgan fingerprint density at radius 3 is 2.44 bits per heavy atom. The molecule has 0 aliphatic heterocycles. The quantitative estimate of drug-likeness (QED) is 0.441. The van der Waals surface area contributed by atoms with E-state index in [1.54, 1.807) is 0 Å². The van der Waals surface area contributed by atoms with E-state index < -0.39 is 0 Å². The fourth-order valence-corrected chi connectivity index (χ4v) is 4.70. The molecule has 0 radical (unpaired) electrons. The van der Waals surface area contributed by atoms with Crippen LogP contribution >= 0.6 is 12.2 Å². The molecule has 6 heteroatoms. The fraction of sp³-hybridized carbons (Fsp3) is 0.385. The molecule has 0 unspecified atom stereocenters. The number of nitrogens with zero attached hydrogens (tertiary/aromatic N) is 2. The number of aryl methyl sites for hydroxylation is 1. The van der Waals surface area contributed by atoms with Gasteiger partial charge in [-0.2, -0.15) is 0 Å². The zero-order chi connectivity index (χ0) is 22.7. The minimum Gasteiger partial charge on any atom is -0.377 e. The SMILES string of the molecule is Cc1cccc(NC(=S)N[C@H]2CC[C@@H](Nc3cc(N(C)C)c4ccccc4n3)CC2)c1C.